The van der Waals surface area contributed by atoms with Gasteiger partial charge in [0, 0.05) is 23.9 Å². The number of fused-ring (bicyclic) bond motifs is 1. The van der Waals surface area contributed by atoms with Crippen LogP contribution in [0.15, 0.2) is 34.9 Å². The molecule has 1 aromatic heterocycles. The number of rotatable bonds is 5. The van der Waals surface area contributed by atoms with Gasteiger partial charge in [-0.1, -0.05) is 0 Å². The molecule has 7 heteroatoms. The first kappa shape index (κ1) is 16.9. The summed E-state index contributed by atoms with van der Waals surface area (Å²) in [6.45, 7) is 4.92. The van der Waals surface area contributed by atoms with Crippen molar-refractivity contribution in [2.45, 2.75) is 13.8 Å². The highest BCUT2D eigenvalue weighted by molar-refractivity contribution is 5.98. The number of benzene rings is 1. The first-order valence-electron chi connectivity index (χ1n) is 8.11. The second-order valence-electron chi connectivity index (χ2n) is 5.66. The van der Waals surface area contributed by atoms with Crippen molar-refractivity contribution in [1.29, 1.82) is 0 Å². The van der Waals surface area contributed by atoms with E-state index in [0.717, 1.165) is 5.56 Å². The summed E-state index contributed by atoms with van der Waals surface area (Å²) >= 11 is 0. The summed E-state index contributed by atoms with van der Waals surface area (Å²) in [7, 11) is 0. The Hall–Kier alpha value is -2.96. The average Bonchev–Trinajstić information content (AvgIpc) is 3.05. The van der Waals surface area contributed by atoms with Crippen molar-refractivity contribution in [2.75, 3.05) is 31.6 Å². The van der Waals surface area contributed by atoms with Crippen molar-refractivity contribution in [1.82, 2.24) is 4.90 Å². The van der Waals surface area contributed by atoms with Crippen LogP contribution in [-0.4, -0.2) is 43.0 Å². The van der Waals surface area contributed by atoms with Crippen LogP contribution in [0.1, 0.15) is 23.0 Å². The first-order valence-corrected chi connectivity index (χ1v) is 8.11. The van der Waals surface area contributed by atoms with Crippen LogP contribution in [0, 0.1) is 6.92 Å². The zero-order valence-corrected chi connectivity index (χ0v) is 14.2. The average molecular weight is 344 g/mol. The molecule has 0 saturated carbocycles. The number of hydrogen-bond donors (Lipinski definition) is 1. The monoisotopic (exact) mass is 344 g/mol. The molecule has 1 aromatic carbocycles. The highest BCUT2D eigenvalue weighted by atomic mass is 16.6. The largest absolute Gasteiger partial charge is 0.486 e. The van der Waals surface area contributed by atoms with Crippen LogP contribution in [0.25, 0.3) is 0 Å². The van der Waals surface area contributed by atoms with Crippen LogP contribution in [-0.2, 0) is 4.79 Å². The lowest BCUT2D eigenvalue weighted by atomic mass is 10.2. The fourth-order valence-corrected chi connectivity index (χ4v) is 2.56. The lowest BCUT2D eigenvalue weighted by Gasteiger charge is -2.21. The van der Waals surface area contributed by atoms with Gasteiger partial charge in [-0.05, 0) is 32.0 Å². The van der Waals surface area contributed by atoms with Crippen LogP contribution >= 0.6 is 0 Å². The topological polar surface area (TPSA) is 81.0 Å². The molecular formula is C18H20N2O5. The van der Waals surface area contributed by atoms with E-state index in [1.54, 1.807) is 31.2 Å². The molecule has 1 N–H and O–H groups in total. The summed E-state index contributed by atoms with van der Waals surface area (Å²) < 4.78 is 16.2. The van der Waals surface area contributed by atoms with Crippen molar-refractivity contribution >= 4 is 17.5 Å². The van der Waals surface area contributed by atoms with Crippen molar-refractivity contribution in [3.63, 3.8) is 0 Å². The lowest BCUT2D eigenvalue weighted by Crippen LogP contribution is -2.38. The van der Waals surface area contributed by atoms with Gasteiger partial charge in [-0.25, -0.2) is 0 Å². The number of likely N-dealkylation sites (N-methyl/N-ethyl adjacent to an activating group) is 1. The Balaban J connectivity index is 1.65. The zero-order valence-electron chi connectivity index (χ0n) is 14.2. The summed E-state index contributed by atoms with van der Waals surface area (Å²) in [5, 5.41) is 2.77. The normalized spacial score (nSPS) is 12.6. The molecule has 0 radical (unpaired) electrons. The van der Waals surface area contributed by atoms with E-state index in [-0.39, 0.29) is 24.1 Å². The Morgan fingerprint density at radius 3 is 2.60 bits per heavy atom. The van der Waals surface area contributed by atoms with E-state index in [4.69, 9.17) is 13.9 Å². The fraction of sp³-hybridized carbons (Fsp3) is 0.333. The van der Waals surface area contributed by atoms with Gasteiger partial charge in [-0.2, -0.15) is 0 Å². The number of aryl methyl sites for hydroxylation is 1. The Labute approximate surface area is 145 Å². The Morgan fingerprint density at radius 1 is 1.16 bits per heavy atom. The van der Waals surface area contributed by atoms with E-state index in [0.29, 0.717) is 36.9 Å². The number of carbonyl (C=O) groups excluding carboxylic acids is 2. The molecule has 3 rings (SSSR count). The molecule has 2 heterocycles. The summed E-state index contributed by atoms with van der Waals surface area (Å²) in [5.41, 5.74) is 1.34. The molecule has 0 fully saturated rings. The standard InChI is InChI=1S/C18H20N2O5/c1-3-20(18(22)17-12(2)6-7-25-17)11-16(21)19-13-4-5-14-15(10-13)24-9-8-23-14/h4-7,10H,3,8-9,11H2,1-2H3,(H,19,21). The molecule has 132 valence electrons. The molecule has 0 aliphatic carbocycles. The summed E-state index contributed by atoms with van der Waals surface area (Å²) in [6.07, 6.45) is 1.46. The molecule has 2 aromatic rings. The lowest BCUT2D eigenvalue weighted by molar-refractivity contribution is -0.116. The van der Waals surface area contributed by atoms with Crippen molar-refractivity contribution in [3.05, 3.63) is 41.9 Å². The Kier molecular flexibility index (Phi) is 4.92. The van der Waals surface area contributed by atoms with E-state index >= 15 is 0 Å². The molecule has 0 bridgehead atoms. The van der Waals surface area contributed by atoms with E-state index < -0.39 is 0 Å². The second-order valence-corrected chi connectivity index (χ2v) is 5.66. The van der Waals surface area contributed by atoms with Crippen LogP contribution < -0.4 is 14.8 Å². The van der Waals surface area contributed by atoms with Gasteiger partial charge < -0.3 is 24.1 Å². The van der Waals surface area contributed by atoms with Gasteiger partial charge in [0.1, 0.15) is 19.8 Å². The molecule has 2 amide bonds. The number of ether oxygens (including phenoxy) is 2. The van der Waals surface area contributed by atoms with Gasteiger partial charge in [0.05, 0.1) is 6.26 Å². The maximum Gasteiger partial charge on any atom is 0.290 e. The molecule has 0 saturated heterocycles. The predicted molar refractivity (Wildman–Crippen MR) is 91.1 cm³/mol. The Morgan fingerprint density at radius 2 is 1.92 bits per heavy atom. The third-order valence-corrected chi connectivity index (χ3v) is 3.89. The fourth-order valence-electron chi connectivity index (χ4n) is 2.56. The molecule has 0 unspecified atom stereocenters. The van der Waals surface area contributed by atoms with Gasteiger partial charge >= 0.3 is 0 Å². The minimum atomic E-state index is -0.303. The van der Waals surface area contributed by atoms with Gasteiger partial charge in [0.2, 0.25) is 5.91 Å². The summed E-state index contributed by atoms with van der Waals surface area (Å²) in [6, 6.07) is 6.91. The van der Waals surface area contributed by atoms with E-state index in [9.17, 15) is 9.59 Å². The number of nitrogens with one attached hydrogen (secondary N) is 1. The van der Waals surface area contributed by atoms with Crippen LogP contribution in [0.2, 0.25) is 0 Å². The molecule has 25 heavy (non-hydrogen) atoms. The number of amides is 2. The van der Waals surface area contributed by atoms with E-state index in [1.807, 2.05) is 6.92 Å². The molecule has 1 aliphatic heterocycles. The van der Waals surface area contributed by atoms with Crippen LogP contribution in [0.3, 0.4) is 0 Å². The smallest absolute Gasteiger partial charge is 0.290 e. The van der Waals surface area contributed by atoms with Crippen molar-refractivity contribution in [2.24, 2.45) is 0 Å². The zero-order chi connectivity index (χ0) is 17.8. The highest BCUT2D eigenvalue weighted by Gasteiger charge is 2.22. The number of carbonyl (C=O) groups is 2. The number of anilines is 1. The summed E-state index contributed by atoms with van der Waals surface area (Å²) in [5.74, 6) is 0.911. The minimum Gasteiger partial charge on any atom is -0.486 e. The van der Waals surface area contributed by atoms with E-state index in [2.05, 4.69) is 5.32 Å². The predicted octanol–water partition coefficient (Wildman–Crippen LogP) is 2.46. The number of nitrogens with zero attached hydrogens (tertiary/aromatic N) is 1. The maximum atomic E-state index is 12.5. The molecule has 0 spiro atoms. The van der Waals surface area contributed by atoms with E-state index in [1.165, 1.54) is 11.2 Å². The maximum absolute atomic E-state index is 12.5. The van der Waals surface area contributed by atoms with Crippen molar-refractivity contribution < 1.29 is 23.5 Å². The van der Waals surface area contributed by atoms with Crippen LogP contribution in [0.4, 0.5) is 5.69 Å². The second kappa shape index (κ2) is 7.29. The third kappa shape index (κ3) is 3.76. The molecule has 7 nitrogen and oxygen atoms in total. The SMILES string of the molecule is CCN(CC(=O)Nc1ccc2c(c1)OCCO2)C(=O)c1occc1C. The van der Waals surface area contributed by atoms with Crippen molar-refractivity contribution in [3.8, 4) is 11.5 Å². The molecule has 1 aliphatic rings. The quantitative estimate of drug-likeness (QED) is 0.901. The van der Waals surface area contributed by atoms with Gasteiger partial charge in [-0.15, -0.1) is 0 Å². The highest BCUT2D eigenvalue weighted by Crippen LogP contribution is 2.32. The van der Waals surface area contributed by atoms with Gasteiger partial charge in [-0.3, -0.25) is 9.59 Å². The first-order chi connectivity index (χ1) is 12.1. The third-order valence-electron chi connectivity index (χ3n) is 3.89. The summed E-state index contributed by atoms with van der Waals surface area (Å²) in [4.78, 5) is 26.2. The van der Waals surface area contributed by atoms with Gasteiger partial charge in [0.15, 0.2) is 17.3 Å². The van der Waals surface area contributed by atoms with Gasteiger partial charge in [0.25, 0.3) is 5.91 Å². The Bertz CT molecular complexity index is 784. The van der Waals surface area contributed by atoms with Crippen LogP contribution in [0.5, 0.6) is 11.5 Å². The molecule has 0 atom stereocenters. The number of hydrogen-bond acceptors (Lipinski definition) is 5. The number of furan rings is 1. The minimum absolute atomic E-state index is 0.0656. The molecular weight excluding hydrogens is 324 g/mol.